The van der Waals surface area contributed by atoms with Gasteiger partial charge in [-0.25, -0.2) is 0 Å². The van der Waals surface area contributed by atoms with Gasteiger partial charge in [-0.15, -0.1) is 0 Å². The Morgan fingerprint density at radius 1 is 0.864 bits per heavy atom. The van der Waals surface area contributed by atoms with Gasteiger partial charge in [0.15, 0.2) is 0 Å². The van der Waals surface area contributed by atoms with Crippen molar-refractivity contribution in [3.63, 3.8) is 0 Å². The maximum atomic E-state index is 9.81. The number of hydrogen-bond donors (Lipinski definition) is 5. The maximum Gasteiger partial charge on any atom is 0.103 e. The third kappa shape index (κ3) is 8.41. The second-order valence-electron chi connectivity index (χ2n) is 6.13. The topological polar surface area (TPSA) is 110 Å². The van der Waals surface area contributed by atoms with Crippen LogP contribution in [0.4, 0.5) is 0 Å². The molecule has 2 unspecified atom stereocenters. The summed E-state index contributed by atoms with van der Waals surface area (Å²) in [6.07, 6.45) is 5.75. The highest BCUT2D eigenvalue weighted by atomic mass is 16.5. The molecule has 0 saturated carbocycles. The Kier molecular flexibility index (Phi) is 13.1. The van der Waals surface area contributed by atoms with Gasteiger partial charge in [0.25, 0.3) is 0 Å². The lowest BCUT2D eigenvalue weighted by molar-refractivity contribution is -0.118. The first-order valence-corrected chi connectivity index (χ1v) is 8.32. The Morgan fingerprint density at radius 2 is 1.41 bits per heavy atom. The molecule has 0 aliphatic heterocycles. The standard InChI is InChI=1S/C16H34O6/c1-2-3-4-5-6-7-8-15(14(21)9-17)22-13-16(10-18,11-19)12-20/h14-15,17-21H,2-13H2,1H3. The van der Waals surface area contributed by atoms with Gasteiger partial charge >= 0.3 is 0 Å². The molecule has 0 aromatic rings. The van der Waals surface area contributed by atoms with Crippen LogP contribution in [0.5, 0.6) is 0 Å². The molecule has 134 valence electrons. The molecule has 0 fully saturated rings. The van der Waals surface area contributed by atoms with E-state index in [2.05, 4.69) is 6.92 Å². The second-order valence-corrected chi connectivity index (χ2v) is 6.13. The smallest absolute Gasteiger partial charge is 0.103 e. The Labute approximate surface area is 133 Å². The highest BCUT2D eigenvalue weighted by Gasteiger charge is 2.31. The van der Waals surface area contributed by atoms with Crippen molar-refractivity contribution in [1.82, 2.24) is 0 Å². The normalized spacial score (nSPS) is 15.0. The van der Waals surface area contributed by atoms with Crippen LogP contribution in [0.25, 0.3) is 0 Å². The Balaban J connectivity index is 4.23. The van der Waals surface area contributed by atoms with Gasteiger partial charge in [0.1, 0.15) is 6.10 Å². The summed E-state index contributed by atoms with van der Waals surface area (Å²) >= 11 is 0. The average molecular weight is 322 g/mol. The lowest BCUT2D eigenvalue weighted by Crippen LogP contribution is -2.42. The molecule has 0 radical (unpaired) electrons. The van der Waals surface area contributed by atoms with E-state index in [0.717, 1.165) is 19.3 Å². The van der Waals surface area contributed by atoms with E-state index in [1.165, 1.54) is 19.3 Å². The van der Waals surface area contributed by atoms with Crippen LogP contribution in [0.1, 0.15) is 51.9 Å². The van der Waals surface area contributed by atoms with Crippen LogP contribution in [-0.2, 0) is 4.74 Å². The molecule has 22 heavy (non-hydrogen) atoms. The molecule has 6 nitrogen and oxygen atoms in total. The molecule has 0 saturated heterocycles. The number of rotatable bonds is 15. The zero-order valence-electron chi connectivity index (χ0n) is 13.8. The molecule has 0 rings (SSSR count). The summed E-state index contributed by atoms with van der Waals surface area (Å²) < 4.78 is 5.57. The third-order valence-electron chi connectivity index (χ3n) is 4.07. The van der Waals surface area contributed by atoms with Gasteiger partial charge in [-0.2, -0.15) is 0 Å². The predicted octanol–water partition coefficient (Wildman–Crippen LogP) is 0.439. The van der Waals surface area contributed by atoms with E-state index < -0.39 is 44.1 Å². The van der Waals surface area contributed by atoms with Gasteiger partial charge in [0.05, 0.1) is 44.6 Å². The fourth-order valence-corrected chi connectivity index (χ4v) is 2.20. The van der Waals surface area contributed by atoms with Gasteiger partial charge in [-0.1, -0.05) is 45.4 Å². The summed E-state index contributed by atoms with van der Waals surface area (Å²) in [6, 6.07) is 0. The quantitative estimate of drug-likeness (QED) is 0.280. The molecule has 0 amide bonds. The number of aliphatic hydroxyl groups excluding tert-OH is 5. The van der Waals surface area contributed by atoms with Crippen molar-refractivity contribution in [2.75, 3.05) is 33.0 Å². The molecular weight excluding hydrogens is 288 g/mol. The van der Waals surface area contributed by atoms with Crippen LogP contribution in [-0.4, -0.2) is 70.8 Å². The van der Waals surface area contributed by atoms with Gasteiger partial charge < -0.3 is 30.3 Å². The molecule has 5 N–H and O–H groups in total. The molecule has 6 heteroatoms. The third-order valence-corrected chi connectivity index (χ3v) is 4.07. The van der Waals surface area contributed by atoms with Gasteiger partial charge in [-0.05, 0) is 6.42 Å². The first-order valence-electron chi connectivity index (χ1n) is 8.32. The van der Waals surface area contributed by atoms with E-state index in [0.29, 0.717) is 6.42 Å². The van der Waals surface area contributed by atoms with Crippen LogP contribution in [0, 0.1) is 5.41 Å². The second kappa shape index (κ2) is 13.2. The fourth-order valence-electron chi connectivity index (χ4n) is 2.20. The summed E-state index contributed by atoms with van der Waals surface area (Å²) in [6.45, 7) is 0.493. The number of aliphatic hydroxyl groups is 5. The van der Waals surface area contributed by atoms with E-state index in [4.69, 9.17) is 9.84 Å². The van der Waals surface area contributed by atoms with Crippen molar-refractivity contribution in [2.45, 2.75) is 64.1 Å². The van der Waals surface area contributed by atoms with E-state index in [1.807, 2.05) is 0 Å². The van der Waals surface area contributed by atoms with Crippen molar-refractivity contribution in [1.29, 1.82) is 0 Å². The van der Waals surface area contributed by atoms with Crippen molar-refractivity contribution >= 4 is 0 Å². The number of ether oxygens (including phenoxy) is 1. The SMILES string of the molecule is CCCCCCCCC(OCC(CO)(CO)CO)C(O)CO. The van der Waals surface area contributed by atoms with Crippen molar-refractivity contribution in [3.05, 3.63) is 0 Å². The average Bonchev–Trinajstić information content (AvgIpc) is 2.56. The zero-order chi connectivity index (χ0) is 16.8. The van der Waals surface area contributed by atoms with Crippen molar-refractivity contribution < 1.29 is 30.3 Å². The molecule has 2 atom stereocenters. The summed E-state index contributed by atoms with van der Waals surface area (Å²) in [4.78, 5) is 0. The summed E-state index contributed by atoms with van der Waals surface area (Å²) in [7, 11) is 0. The minimum absolute atomic E-state index is 0.0614. The lowest BCUT2D eigenvalue weighted by Gasteiger charge is -2.31. The van der Waals surface area contributed by atoms with Crippen molar-refractivity contribution in [2.24, 2.45) is 5.41 Å². The van der Waals surface area contributed by atoms with E-state index in [9.17, 15) is 20.4 Å². The molecule has 0 aromatic heterocycles. The lowest BCUT2D eigenvalue weighted by atomic mass is 9.92. The molecule has 0 aliphatic rings. The van der Waals surface area contributed by atoms with E-state index in [-0.39, 0.29) is 6.61 Å². The number of hydrogen-bond acceptors (Lipinski definition) is 6. The minimum Gasteiger partial charge on any atom is -0.396 e. The van der Waals surface area contributed by atoms with E-state index >= 15 is 0 Å². The largest absolute Gasteiger partial charge is 0.396 e. The Morgan fingerprint density at radius 3 is 1.91 bits per heavy atom. The Bertz CT molecular complexity index is 237. The Hall–Kier alpha value is -0.240. The van der Waals surface area contributed by atoms with E-state index in [1.54, 1.807) is 0 Å². The number of unbranched alkanes of at least 4 members (excludes halogenated alkanes) is 5. The van der Waals surface area contributed by atoms with Gasteiger partial charge in [-0.3, -0.25) is 0 Å². The summed E-state index contributed by atoms with van der Waals surface area (Å²) in [5.41, 5.74) is -1.12. The van der Waals surface area contributed by atoms with Gasteiger partial charge in [0, 0.05) is 0 Å². The predicted molar refractivity (Wildman–Crippen MR) is 84.5 cm³/mol. The molecule has 0 aliphatic carbocycles. The van der Waals surface area contributed by atoms with Crippen LogP contribution < -0.4 is 0 Å². The first kappa shape index (κ1) is 21.8. The highest BCUT2D eigenvalue weighted by Crippen LogP contribution is 2.19. The molecule has 0 aromatic carbocycles. The molecule has 0 heterocycles. The summed E-state index contributed by atoms with van der Waals surface area (Å²) in [5.74, 6) is 0. The molecular formula is C16H34O6. The summed E-state index contributed by atoms with van der Waals surface area (Å²) in [5, 5.41) is 46.7. The fraction of sp³-hybridized carbons (Fsp3) is 1.00. The molecule has 0 bridgehead atoms. The van der Waals surface area contributed by atoms with Crippen LogP contribution >= 0.6 is 0 Å². The zero-order valence-corrected chi connectivity index (χ0v) is 13.8. The van der Waals surface area contributed by atoms with Crippen molar-refractivity contribution in [3.8, 4) is 0 Å². The monoisotopic (exact) mass is 322 g/mol. The van der Waals surface area contributed by atoms with Crippen LogP contribution in [0.2, 0.25) is 0 Å². The van der Waals surface area contributed by atoms with Crippen LogP contribution in [0.15, 0.2) is 0 Å². The minimum atomic E-state index is -1.12. The molecule has 0 spiro atoms. The maximum absolute atomic E-state index is 9.81. The van der Waals surface area contributed by atoms with Crippen LogP contribution in [0.3, 0.4) is 0 Å². The first-order chi connectivity index (χ1) is 10.6. The highest BCUT2D eigenvalue weighted by molar-refractivity contribution is 4.78. The van der Waals surface area contributed by atoms with Gasteiger partial charge in [0.2, 0.25) is 0 Å².